The highest BCUT2D eigenvalue weighted by Gasteiger charge is 2.00. The second-order valence-corrected chi connectivity index (χ2v) is 4.42. The molecule has 0 nitrogen and oxygen atoms in total. The molecule has 0 saturated heterocycles. The lowest BCUT2D eigenvalue weighted by atomic mass is 10.0. The van der Waals surface area contributed by atoms with E-state index in [0.717, 1.165) is 17.7 Å². The third-order valence-electron chi connectivity index (χ3n) is 2.69. The Bertz CT molecular complexity index is 298. The summed E-state index contributed by atoms with van der Waals surface area (Å²) in [6, 6.07) is 8.68. The van der Waals surface area contributed by atoms with E-state index in [1.165, 1.54) is 30.4 Å². The average molecular weight is 220 g/mol. The standard InChI is InChI=1S/C14H20S/c1-3-5-6-7-14(15)13-10-8-12(4-2)9-11-13/h8-11H,3-7H2,1-2H3. The second kappa shape index (κ2) is 6.73. The van der Waals surface area contributed by atoms with Crippen LogP contribution in [0, 0.1) is 0 Å². The SMILES string of the molecule is CCCCCC(=S)c1ccc(CC)cc1. The van der Waals surface area contributed by atoms with E-state index >= 15 is 0 Å². The maximum Gasteiger partial charge on any atom is 0.0224 e. The first-order valence-electron chi connectivity index (χ1n) is 5.90. The summed E-state index contributed by atoms with van der Waals surface area (Å²) in [6.45, 7) is 4.40. The normalized spacial score (nSPS) is 10.3. The molecule has 0 fully saturated rings. The molecule has 0 aliphatic rings. The van der Waals surface area contributed by atoms with Crippen LogP contribution < -0.4 is 0 Å². The van der Waals surface area contributed by atoms with Crippen LogP contribution in [0.1, 0.15) is 50.7 Å². The van der Waals surface area contributed by atoms with Crippen LogP contribution in [-0.4, -0.2) is 4.86 Å². The Labute approximate surface area is 98.7 Å². The number of hydrogen-bond donors (Lipinski definition) is 0. The van der Waals surface area contributed by atoms with Crippen LogP contribution in [0.15, 0.2) is 24.3 Å². The molecule has 0 radical (unpaired) electrons. The number of thiocarbonyl (C=S) groups is 1. The molecule has 1 aromatic carbocycles. The first kappa shape index (κ1) is 12.4. The molecule has 0 bridgehead atoms. The van der Waals surface area contributed by atoms with Gasteiger partial charge in [-0.3, -0.25) is 0 Å². The molecule has 0 aromatic heterocycles. The Kier molecular flexibility index (Phi) is 5.56. The van der Waals surface area contributed by atoms with Gasteiger partial charge >= 0.3 is 0 Å². The molecule has 1 heteroatoms. The van der Waals surface area contributed by atoms with Crippen LogP contribution in [-0.2, 0) is 6.42 Å². The summed E-state index contributed by atoms with van der Waals surface area (Å²) in [5, 5.41) is 0. The fraction of sp³-hybridized carbons (Fsp3) is 0.500. The molecule has 1 rings (SSSR count). The van der Waals surface area contributed by atoms with Crippen molar-refractivity contribution in [3.63, 3.8) is 0 Å². The van der Waals surface area contributed by atoms with Crippen LogP contribution in [0.5, 0.6) is 0 Å². The molecule has 0 aliphatic carbocycles. The molecule has 1 aromatic rings. The number of unbranched alkanes of at least 4 members (excludes halogenated alkanes) is 2. The summed E-state index contributed by atoms with van der Waals surface area (Å²) < 4.78 is 0. The van der Waals surface area contributed by atoms with E-state index in [-0.39, 0.29) is 0 Å². The van der Waals surface area contributed by atoms with Crippen LogP contribution in [0.2, 0.25) is 0 Å². The third kappa shape index (κ3) is 4.13. The van der Waals surface area contributed by atoms with Gasteiger partial charge in [0.05, 0.1) is 0 Å². The van der Waals surface area contributed by atoms with Gasteiger partial charge in [-0.2, -0.15) is 0 Å². The molecule has 0 atom stereocenters. The van der Waals surface area contributed by atoms with Crippen molar-refractivity contribution in [2.45, 2.75) is 46.0 Å². The highest BCUT2D eigenvalue weighted by molar-refractivity contribution is 7.80. The Morgan fingerprint density at radius 1 is 1.07 bits per heavy atom. The number of benzene rings is 1. The van der Waals surface area contributed by atoms with Gasteiger partial charge in [0, 0.05) is 4.86 Å². The predicted molar refractivity (Wildman–Crippen MR) is 71.7 cm³/mol. The Hall–Kier alpha value is -0.690. The average Bonchev–Trinajstić information content (AvgIpc) is 2.29. The molecule has 0 spiro atoms. The van der Waals surface area contributed by atoms with E-state index in [2.05, 4.69) is 38.1 Å². The molecular weight excluding hydrogens is 200 g/mol. The zero-order valence-corrected chi connectivity index (χ0v) is 10.6. The lowest BCUT2D eigenvalue weighted by Gasteiger charge is -2.04. The highest BCUT2D eigenvalue weighted by atomic mass is 32.1. The van der Waals surface area contributed by atoms with Gasteiger partial charge in [0.1, 0.15) is 0 Å². The van der Waals surface area contributed by atoms with Gasteiger partial charge in [-0.05, 0) is 30.4 Å². The lowest BCUT2D eigenvalue weighted by molar-refractivity contribution is 0.745. The van der Waals surface area contributed by atoms with Crippen molar-refractivity contribution in [3.05, 3.63) is 35.4 Å². The van der Waals surface area contributed by atoms with E-state index in [4.69, 9.17) is 12.2 Å². The Morgan fingerprint density at radius 2 is 1.73 bits per heavy atom. The van der Waals surface area contributed by atoms with E-state index in [1.54, 1.807) is 0 Å². The van der Waals surface area contributed by atoms with E-state index < -0.39 is 0 Å². The molecule has 0 heterocycles. The monoisotopic (exact) mass is 220 g/mol. The maximum atomic E-state index is 5.41. The van der Waals surface area contributed by atoms with Gasteiger partial charge in [0.25, 0.3) is 0 Å². The molecule has 0 saturated carbocycles. The van der Waals surface area contributed by atoms with Gasteiger partial charge in [-0.1, -0.05) is 63.2 Å². The van der Waals surface area contributed by atoms with Gasteiger partial charge in [0.2, 0.25) is 0 Å². The maximum absolute atomic E-state index is 5.41. The fourth-order valence-electron chi connectivity index (χ4n) is 1.61. The van der Waals surface area contributed by atoms with Crippen molar-refractivity contribution < 1.29 is 0 Å². The van der Waals surface area contributed by atoms with Crippen molar-refractivity contribution in [2.75, 3.05) is 0 Å². The molecule has 15 heavy (non-hydrogen) atoms. The van der Waals surface area contributed by atoms with Gasteiger partial charge in [0.15, 0.2) is 0 Å². The highest BCUT2D eigenvalue weighted by Crippen LogP contribution is 2.11. The summed E-state index contributed by atoms with van der Waals surface area (Å²) in [6.07, 6.45) is 5.94. The minimum atomic E-state index is 1.06. The van der Waals surface area contributed by atoms with Crippen LogP contribution in [0.25, 0.3) is 0 Å². The fourth-order valence-corrected chi connectivity index (χ4v) is 1.89. The quantitative estimate of drug-likeness (QED) is 0.385. The number of hydrogen-bond acceptors (Lipinski definition) is 1. The van der Waals surface area contributed by atoms with Gasteiger partial charge in [-0.15, -0.1) is 0 Å². The van der Waals surface area contributed by atoms with E-state index in [0.29, 0.717) is 0 Å². The summed E-state index contributed by atoms with van der Waals surface area (Å²) >= 11 is 5.41. The van der Waals surface area contributed by atoms with E-state index in [9.17, 15) is 0 Å². The largest absolute Gasteiger partial charge is 0.0843 e. The van der Waals surface area contributed by atoms with Crippen LogP contribution in [0.3, 0.4) is 0 Å². The molecule has 0 amide bonds. The van der Waals surface area contributed by atoms with Crippen molar-refractivity contribution in [2.24, 2.45) is 0 Å². The van der Waals surface area contributed by atoms with Crippen molar-refractivity contribution in [3.8, 4) is 0 Å². The summed E-state index contributed by atoms with van der Waals surface area (Å²) in [7, 11) is 0. The van der Waals surface area contributed by atoms with E-state index in [1.807, 2.05) is 0 Å². The Balaban J connectivity index is 2.50. The van der Waals surface area contributed by atoms with Gasteiger partial charge < -0.3 is 0 Å². The minimum absolute atomic E-state index is 1.06. The summed E-state index contributed by atoms with van der Waals surface area (Å²) in [4.78, 5) is 1.12. The van der Waals surface area contributed by atoms with Crippen molar-refractivity contribution in [1.29, 1.82) is 0 Å². The zero-order valence-electron chi connectivity index (χ0n) is 9.75. The van der Waals surface area contributed by atoms with Crippen molar-refractivity contribution >= 4 is 17.1 Å². The smallest absolute Gasteiger partial charge is 0.0224 e. The molecule has 82 valence electrons. The third-order valence-corrected chi connectivity index (χ3v) is 3.13. The lowest BCUT2D eigenvalue weighted by Crippen LogP contribution is -1.97. The van der Waals surface area contributed by atoms with Gasteiger partial charge in [-0.25, -0.2) is 0 Å². The Morgan fingerprint density at radius 3 is 2.27 bits per heavy atom. The second-order valence-electron chi connectivity index (χ2n) is 3.93. The molecule has 0 aliphatic heterocycles. The zero-order chi connectivity index (χ0) is 11.1. The van der Waals surface area contributed by atoms with Crippen LogP contribution >= 0.6 is 12.2 Å². The van der Waals surface area contributed by atoms with Crippen LogP contribution in [0.4, 0.5) is 0 Å². The minimum Gasteiger partial charge on any atom is -0.0843 e. The number of aryl methyl sites for hydroxylation is 1. The molecule has 0 unspecified atom stereocenters. The first-order chi connectivity index (χ1) is 7.27. The van der Waals surface area contributed by atoms with Crippen molar-refractivity contribution in [1.82, 2.24) is 0 Å². The summed E-state index contributed by atoms with van der Waals surface area (Å²) in [5.74, 6) is 0. The summed E-state index contributed by atoms with van der Waals surface area (Å²) in [5.41, 5.74) is 2.62. The first-order valence-corrected chi connectivity index (χ1v) is 6.31. The molecule has 0 N–H and O–H groups in total. The topological polar surface area (TPSA) is 0 Å². The molecular formula is C14H20S. The predicted octanol–water partition coefficient (Wildman–Crippen LogP) is 4.55. The number of rotatable bonds is 6.